The lowest BCUT2D eigenvalue weighted by Crippen LogP contribution is -2.51. The first-order valence-electron chi connectivity index (χ1n) is 4.65. The molecule has 1 saturated carbocycles. The summed E-state index contributed by atoms with van der Waals surface area (Å²) in [7, 11) is 1.31. The molecule has 1 rings (SSSR count). The quantitative estimate of drug-likeness (QED) is 0.408. The van der Waals surface area contributed by atoms with Crippen LogP contribution in [-0.4, -0.2) is 25.5 Å². The van der Waals surface area contributed by atoms with Crippen LogP contribution in [0.3, 0.4) is 0 Å². The molecule has 0 saturated heterocycles. The average Bonchev–Trinajstić information content (AvgIpc) is 2.12. The first-order chi connectivity index (χ1) is 6.67. The van der Waals surface area contributed by atoms with Gasteiger partial charge in [0.15, 0.2) is 0 Å². The van der Waals surface area contributed by atoms with Crippen LogP contribution < -0.4 is 5.32 Å². The Morgan fingerprint density at radius 3 is 2.57 bits per heavy atom. The zero-order chi connectivity index (χ0) is 10.6. The van der Waals surface area contributed by atoms with Gasteiger partial charge in [0, 0.05) is 6.54 Å². The second-order valence-electron chi connectivity index (χ2n) is 3.43. The summed E-state index contributed by atoms with van der Waals surface area (Å²) in [6.45, 7) is 3.88. The maximum atomic E-state index is 11.6. The summed E-state index contributed by atoms with van der Waals surface area (Å²) in [5.41, 5.74) is -0.919. The summed E-state index contributed by atoms with van der Waals surface area (Å²) < 4.78 is 4.63. The number of carbonyl (C=O) groups is 2. The van der Waals surface area contributed by atoms with Crippen LogP contribution in [0.25, 0.3) is 0 Å². The molecule has 0 aromatic rings. The Hall–Kier alpha value is -1.32. The third-order valence-corrected chi connectivity index (χ3v) is 2.62. The van der Waals surface area contributed by atoms with Crippen LogP contribution in [-0.2, 0) is 14.3 Å². The maximum absolute atomic E-state index is 11.6. The summed E-state index contributed by atoms with van der Waals surface area (Å²) in [5.74, 6) is -0.666. The molecule has 0 atom stereocenters. The van der Waals surface area contributed by atoms with E-state index in [4.69, 9.17) is 0 Å². The van der Waals surface area contributed by atoms with Crippen LogP contribution in [0.4, 0.5) is 0 Å². The molecule has 0 aromatic heterocycles. The van der Waals surface area contributed by atoms with Gasteiger partial charge in [-0.15, -0.1) is 6.58 Å². The van der Waals surface area contributed by atoms with Gasteiger partial charge in [-0.1, -0.05) is 12.5 Å². The minimum atomic E-state index is -0.919. The smallest absolute Gasteiger partial charge is 0.321 e. The minimum Gasteiger partial charge on any atom is -0.468 e. The summed E-state index contributed by atoms with van der Waals surface area (Å²) >= 11 is 0. The van der Waals surface area contributed by atoms with E-state index in [1.54, 1.807) is 6.08 Å². The molecule has 0 radical (unpaired) electrons. The van der Waals surface area contributed by atoms with Gasteiger partial charge in [-0.3, -0.25) is 9.59 Å². The van der Waals surface area contributed by atoms with E-state index in [0.29, 0.717) is 19.4 Å². The van der Waals surface area contributed by atoms with Crippen molar-refractivity contribution >= 4 is 11.9 Å². The van der Waals surface area contributed by atoms with Crippen LogP contribution in [0.5, 0.6) is 0 Å². The molecule has 1 fully saturated rings. The number of nitrogens with one attached hydrogen (secondary N) is 1. The summed E-state index contributed by atoms with van der Waals surface area (Å²) in [5, 5.41) is 2.63. The van der Waals surface area contributed by atoms with Gasteiger partial charge in [0.25, 0.3) is 0 Å². The molecular formula is C10H15NO3. The fourth-order valence-electron chi connectivity index (χ4n) is 1.58. The third kappa shape index (κ3) is 1.64. The molecule has 1 amide bonds. The average molecular weight is 197 g/mol. The van der Waals surface area contributed by atoms with E-state index in [-0.39, 0.29) is 5.91 Å². The molecule has 14 heavy (non-hydrogen) atoms. The van der Waals surface area contributed by atoms with Crippen LogP contribution >= 0.6 is 0 Å². The van der Waals surface area contributed by atoms with Gasteiger partial charge in [0.2, 0.25) is 5.91 Å². The molecule has 78 valence electrons. The second-order valence-corrected chi connectivity index (χ2v) is 3.43. The Morgan fingerprint density at radius 1 is 1.57 bits per heavy atom. The standard InChI is InChI=1S/C10H15NO3/c1-3-7-11-8(12)10(5-4-6-10)9(13)14-2/h3H,1,4-7H2,2H3,(H,11,12). The number of rotatable bonds is 4. The second kappa shape index (κ2) is 4.26. The van der Waals surface area contributed by atoms with E-state index < -0.39 is 11.4 Å². The molecule has 1 N–H and O–H groups in total. The van der Waals surface area contributed by atoms with Gasteiger partial charge in [0.05, 0.1) is 7.11 Å². The van der Waals surface area contributed by atoms with Crippen LogP contribution in [0.1, 0.15) is 19.3 Å². The van der Waals surface area contributed by atoms with Crippen molar-refractivity contribution in [2.75, 3.05) is 13.7 Å². The van der Waals surface area contributed by atoms with Gasteiger partial charge in [0.1, 0.15) is 5.41 Å². The molecule has 0 aliphatic heterocycles. The number of hydrogen-bond donors (Lipinski definition) is 1. The highest BCUT2D eigenvalue weighted by Crippen LogP contribution is 2.42. The fraction of sp³-hybridized carbons (Fsp3) is 0.600. The third-order valence-electron chi connectivity index (χ3n) is 2.62. The minimum absolute atomic E-state index is 0.240. The Balaban J connectivity index is 2.64. The van der Waals surface area contributed by atoms with Gasteiger partial charge in [-0.2, -0.15) is 0 Å². The monoisotopic (exact) mass is 197 g/mol. The largest absolute Gasteiger partial charge is 0.468 e. The van der Waals surface area contributed by atoms with E-state index in [1.165, 1.54) is 7.11 Å². The van der Waals surface area contributed by atoms with Gasteiger partial charge in [-0.25, -0.2) is 0 Å². The number of esters is 1. The lowest BCUT2D eigenvalue weighted by molar-refractivity contribution is -0.165. The van der Waals surface area contributed by atoms with Crippen molar-refractivity contribution in [1.29, 1.82) is 0 Å². The molecule has 0 spiro atoms. The van der Waals surface area contributed by atoms with Crippen molar-refractivity contribution in [2.45, 2.75) is 19.3 Å². The lowest BCUT2D eigenvalue weighted by atomic mass is 9.68. The fourth-order valence-corrected chi connectivity index (χ4v) is 1.58. The molecule has 0 unspecified atom stereocenters. The molecule has 1 aliphatic rings. The molecule has 0 aromatic carbocycles. The molecule has 0 heterocycles. The topological polar surface area (TPSA) is 55.4 Å². The Labute approximate surface area is 83.3 Å². The highest BCUT2D eigenvalue weighted by Gasteiger charge is 2.51. The zero-order valence-electron chi connectivity index (χ0n) is 8.34. The molecular weight excluding hydrogens is 182 g/mol. The van der Waals surface area contributed by atoms with Gasteiger partial charge >= 0.3 is 5.97 Å². The first kappa shape index (κ1) is 10.8. The van der Waals surface area contributed by atoms with Crippen molar-refractivity contribution in [2.24, 2.45) is 5.41 Å². The Kier molecular flexibility index (Phi) is 3.28. The van der Waals surface area contributed by atoms with Crippen molar-refractivity contribution in [1.82, 2.24) is 5.32 Å². The number of methoxy groups -OCH3 is 1. The van der Waals surface area contributed by atoms with Crippen molar-refractivity contribution in [3.05, 3.63) is 12.7 Å². The number of ether oxygens (including phenoxy) is 1. The maximum Gasteiger partial charge on any atom is 0.321 e. The number of hydrogen-bond acceptors (Lipinski definition) is 3. The van der Waals surface area contributed by atoms with Crippen molar-refractivity contribution in [3.63, 3.8) is 0 Å². The predicted octanol–water partition coefficient (Wildman–Crippen LogP) is 0.632. The molecule has 4 heteroatoms. The normalized spacial score (nSPS) is 17.8. The van der Waals surface area contributed by atoms with E-state index in [9.17, 15) is 9.59 Å². The number of carbonyl (C=O) groups excluding carboxylic acids is 2. The van der Waals surface area contributed by atoms with Crippen molar-refractivity contribution < 1.29 is 14.3 Å². The van der Waals surface area contributed by atoms with Crippen LogP contribution in [0.2, 0.25) is 0 Å². The van der Waals surface area contributed by atoms with E-state index in [1.807, 2.05) is 0 Å². The lowest BCUT2D eigenvalue weighted by Gasteiger charge is -2.36. The summed E-state index contributed by atoms with van der Waals surface area (Å²) in [6.07, 6.45) is 3.66. The highest BCUT2D eigenvalue weighted by atomic mass is 16.5. The SMILES string of the molecule is C=CCNC(=O)C1(C(=O)OC)CCC1. The van der Waals surface area contributed by atoms with Crippen molar-refractivity contribution in [3.8, 4) is 0 Å². The Morgan fingerprint density at radius 2 is 2.21 bits per heavy atom. The summed E-state index contributed by atoms with van der Waals surface area (Å²) in [6, 6.07) is 0. The summed E-state index contributed by atoms with van der Waals surface area (Å²) in [4.78, 5) is 23.1. The van der Waals surface area contributed by atoms with Crippen LogP contribution in [0.15, 0.2) is 12.7 Å². The van der Waals surface area contributed by atoms with Gasteiger partial charge < -0.3 is 10.1 Å². The Bertz CT molecular complexity index is 256. The highest BCUT2D eigenvalue weighted by molar-refractivity contribution is 6.03. The number of amides is 1. The van der Waals surface area contributed by atoms with Gasteiger partial charge in [-0.05, 0) is 12.8 Å². The van der Waals surface area contributed by atoms with E-state index >= 15 is 0 Å². The van der Waals surface area contributed by atoms with E-state index in [0.717, 1.165) is 6.42 Å². The first-order valence-corrected chi connectivity index (χ1v) is 4.65. The molecule has 1 aliphatic carbocycles. The molecule has 0 bridgehead atoms. The molecule has 4 nitrogen and oxygen atoms in total. The zero-order valence-corrected chi connectivity index (χ0v) is 8.34. The van der Waals surface area contributed by atoms with Crippen LogP contribution in [0, 0.1) is 5.41 Å². The van der Waals surface area contributed by atoms with E-state index in [2.05, 4.69) is 16.6 Å². The predicted molar refractivity (Wildman–Crippen MR) is 51.5 cm³/mol.